The number of H-pyrrole nitrogens is 1. The molecule has 0 saturated heterocycles. The van der Waals surface area contributed by atoms with Gasteiger partial charge in [0.05, 0.1) is 6.54 Å². The molecule has 0 atom stereocenters. The lowest BCUT2D eigenvalue weighted by molar-refractivity contribution is 0.260. The van der Waals surface area contributed by atoms with Crippen LogP contribution in [0.25, 0.3) is 16.8 Å². The van der Waals surface area contributed by atoms with Gasteiger partial charge in [0, 0.05) is 6.20 Å². The standard InChI is InChI=1S/C16H20BN5O/c1-3-7-21(8-4-2)10-12-18-15-14(16(23)19-12)20-13-6-5-11(17)9-22(13)15/h5-6,9H,3-4,7-8,10H2,1-2H3,(H,18,19,23). The minimum Gasteiger partial charge on any atom is -0.307 e. The molecule has 0 aromatic carbocycles. The predicted octanol–water partition coefficient (Wildman–Crippen LogP) is 0.987. The molecule has 3 aromatic heterocycles. The molecule has 3 rings (SSSR count). The van der Waals surface area contributed by atoms with E-state index in [-0.39, 0.29) is 5.56 Å². The van der Waals surface area contributed by atoms with E-state index in [4.69, 9.17) is 7.85 Å². The van der Waals surface area contributed by atoms with Crippen molar-refractivity contribution in [1.82, 2.24) is 24.3 Å². The minimum absolute atomic E-state index is 0.208. The Kier molecular flexibility index (Phi) is 4.47. The highest BCUT2D eigenvalue weighted by Gasteiger charge is 2.13. The molecule has 23 heavy (non-hydrogen) atoms. The quantitative estimate of drug-likeness (QED) is 0.690. The zero-order chi connectivity index (χ0) is 16.4. The van der Waals surface area contributed by atoms with Crippen molar-refractivity contribution in [3.05, 3.63) is 34.5 Å². The molecule has 0 bridgehead atoms. The molecule has 1 N–H and O–H groups in total. The van der Waals surface area contributed by atoms with Gasteiger partial charge in [0.1, 0.15) is 19.3 Å². The maximum atomic E-state index is 12.3. The number of hydrogen-bond donors (Lipinski definition) is 1. The normalized spacial score (nSPS) is 11.8. The van der Waals surface area contributed by atoms with Gasteiger partial charge in [-0.3, -0.25) is 14.1 Å². The van der Waals surface area contributed by atoms with Crippen LogP contribution in [-0.2, 0) is 6.54 Å². The second-order valence-electron chi connectivity index (χ2n) is 5.76. The third kappa shape index (κ3) is 3.15. The number of rotatable bonds is 6. The molecule has 7 heteroatoms. The van der Waals surface area contributed by atoms with E-state index in [1.165, 1.54) is 0 Å². The molecule has 0 aliphatic rings. The molecule has 3 aromatic rings. The molecule has 0 aliphatic heterocycles. The number of imidazole rings is 1. The first-order chi connectivity index (χ1) is 11.1. The highest BCUT2D eigenvalue weighted by molar-refractivity contribution is 6.32. The Morgan fingerprint density at radius 2 is 1.96 bits per heavy atom. The molecule has 3 heterocycles. The maximum Gasteiger partial charge on any atom is 0.279 e. The Balaban J connectivity index is 2.07. The smallest absolute Gasteiger partial charge is 0.279 e. The Bertz CT molecular complexity index is 879. The summed E-state index contributed by atoms with van der Waals surface area (Å²) >= 11 is 0. The summed E-state index contributed by atoms with van der Waals surface area (Å²) in [6.07, 6.45) is 3.88. The van der Waals surface area contributed by atoms with E-state index in [1.54, 1.807) is 22.7 Å². The number of aromatic amines is 1. The predicted molar refractivity (Wildman–Crippen MR) is 92.4 cm³/mol. The van der Waals surface area contributed by atoms with Gasteiger partial charge >= 0.3 is 0 Å². The van der Waals surface area contributed by atoms with Crippen molar-refractivity contribution in [2.45, 2.75) is 33.2 Å². The van der Waals surface area contributed by atoms with Crippen LogP contribution in [0.1, 0.15) is 32.5 Å². The lowest BCUT2D eigenvalue weighted by Crippen LogP contribution is -2.27. The van der Waals surface area contributed by atoms with Gasteiger partial charge in [-0.15, -0.1) is 0 Å². The third-order valence-electron chi connectivity index (χ3n) is 3.78. The van der Waals surface area contributed by atoms with Crippen LogP contribution in [0.3, 0.4) is 0 Å². The van der Waals surface area contributed by atoms with Crippen molar-refractivity contribution in [3.63, 3.8) is 0 Å². The van der Waals surface area contributed by atoms with E-state index < -0.39 is 0 Å². The first kappa shape index (κ1) is 15.7. The number of nitrogens with zero attached hydrogens (tertiary/aromatic N) is 4. The van der Waals surface area contributed by atoms with Crippen molar-refractivity contribution in [1.29, 1.82) is 0 Å². The zero-order valence-electron chi connectivity index (χ0n) is 13.5. The Labute approximate surface area is 136 Å². The average molecular weight is 309 g/mol. The number of nitrogens with one attached hydrogen (secondary N) is 1. The van der Waals surface area contributed by atoms with Gasteiger partial charge in [0.15, 0.2) is 11.2 Å². The monoisotopic (exact) mass is 309 g/mol. The molecule has 6 nitrogen and oxygen atoms in total. The molecule has 0 saturated carbocycles. The third-order valence-corrected chi connectivity index (χ3v) is 3.78. The first-order valence-electron chi connectivity index (χ1n) is 8.01. The summed E-state index contributed by atoms with van der Waals surface area (Å²) in [6.45, 7) is 6.89. The van der Waals surface area contributed by atoms with Crippen molar-refractivity contribution >= 4 is 30.1 Å². The molecular weight excluding hydrogens is 289 g/mol. The number of hydrogen-bond acceptors (Lipinski definition) is 4. The topological polar surface area (TPSA) is 66.3 Å². The van der Waals surface area contributed by atoms with Gasteiger partial charge in [0.25, 0.3) is 5.56 Å². The van der Waals surface area contributed by atoms with E-state index in [9.17, 15) is 4.79 Å². The fourth-order valence-electron chi connectivity index (χ4n) is 2.84. The van der Waals surface area contributed by atoms with Gasteiger partial charge in [-0.25, -0.2) is 9.97 Å². The lowest BCUT2D eigenvalue weighted by atomic mass is 9.99. The highest BCUT2D eigenvalue weighted by atomic mass is 16.1. The van der Waals surface area contributed by atoms with Crippen molar-refractivity contribution < 1.29 is 0 Å². The Morgan fingerprint density at radius 3 is 2.65 bits per heavy atom. The summed E-state index contributed by atoms with van der Waals surface area (Å²) in [5, 5.41) is 0. The van der Waals surface area contributed by atoms with E-state index in [0.29, 0.717) is 34.6 Å². The van der Waals surface area contributed by atoms with E-state index in [2.05, 4.69) is 33.7 Å². The molecule has 0 unspecified atom stereocenters. The summed E-state index contributed by atoms with van der Waals surface area (Å²) in [7, 11) is 5.84. The fraction of sp³-hybridized carbons (Fsp3) is 0.438. The highest BCUT2D eigenvalue weighted by Crippen LogP contribution is 2.11. The minimum atomic E-state index is -0.208. The molecule has 118 valence electrons. The summed E-state index contributed by atoms with van der Waals surface area (Å²) in [4.78, 5) is 26.4. The number of fused-ring (bicyclic) bond motifs is 3. The van der Waals surface area contributed by atoms with Gasteiger partial charge in [0.2, 0.25) is 0 Å². The summed E-state index contributed by atoms with van der Waals surface area (Å²) in [6, 6.07) is 3.55. The Morgan fingerprint density at radius 1 is 1.22 bits per heavy atom. The Hall–Kier alpha value is -2.15. The van der Waals surface area contributed by atoms with Gasteiger partial charge in [-0.1, -0.05) is 25.4 Å². The van der Waals surface area contributed by atoms with E-state index >= 15 is 0 Å². The summed E-state index contributed by atoms with van der Waals surface area (Å²) in [5.74, 6) is 0.661. The van der Waals surface area contributed by atoms with E-state index in [1.807, 2.05) is 0 Å². The van der Waals surface area contributed by atoms with Crippen molar-refractivity contribution in [3.8, 4) is 0 Å². The molecule has 0 fully saturated rings. The fourth-order valence-corrected chi connectivity index (χ4v) is 2.84. The van der Waals surface area contributed by atoms with Crippen LogP contribution < -0.4 is 11.0 Å². The second kappa shape index (κ2) is 6.54. The average Bonchev–Trinajstić information content (AvgIpc) is 2.87. The van der Waals surface area contributed by atoms with Crippen LogP contribution in [-0.4, -0.2) is 45.2 Å². The molecule has 0 aliphatic carbocycles. The molecule has 0 amide bonds. The van der Waals surface area contributed by atoms with Crippen LogP contribution in [0.5, 0.6) is 0 Å². The summed E-state index contributed by atoms with van der Waals surface area (Å²) in [5.41, 5.74) is 1.97. The largest absolute Gasteiger partial charge is 0.307 e. The lowest BCUT2D eigenvalue weighted by Gasteiger charge is -2.19. The number of pyridine rings is 1. The van der Waals surface area contributed by atoms with Crippen molar-refractivity contribution in [2.75, 3.05) is 13.1 Å². The van der Waals surface area contributed by atoms with Crippen LogP contribution in [0.15, 0.2) is 23.1 Å². The van der Waals surface area contributed by atoms with Crippen LogP contribution in [0.2, 0.25) is 0 Å². The van der Waals surface area contributed by atoms with Crippen LogP contribution in [0.4, 0.5) is 0 Å². The van der Waals surface area contributed by atoms with Gasteiger partial charge in [-0.2, -0.15) is 0 Å². The molecule has 0 spiro atoms. The van der Waals surface area contributed by atoms with Crippen LogP contribution in [0, 0.1) is 0 Å². The van der Waals surface area contributed by atoms with Crippen LogP contribution >= 0.6 is 0 Å². The molecular formula is C16H20BN5O. The summed E-state index contributed by atoms with van der Waals surface area (Å²) < 4.78 is 1.77. The van der Waals surface area contributed by atoms with Gasteiger partial charge in [-0.05, 0) is 32.0 Å². The maximum absolute atomic E-state index is 12.3. The van der Waals surface area contributed by atoms with Gasteiger partial charge < -0.3 is 4.98 Å². The zero-order valence-corrected chi connectivity index (χ0v) is 13.5. The first-order valence-corrected chi connectivity index (χ1v) is 8.01. The van der Waals surface area contributed by atoms with E-state index in [0.717, 1.165) is 25.9 Å². The SMILES string of the molecule is [B]c1ccc2nc3c(=O)[nH]c(CN(CCC)CCC)nc3n2c1. The number of aromatic nitrogens is 4. The second-order valence-corrected chi connectivity index (χ2v) is 5.76. The molecule has 2 radical (unpaired) electrons. The van der Waals surface area contributed by atoms with Crippen molar-refractivity contribution in [2.24, 2.45) is 0 Å².